The molecule has 6 heteroatoms. The quantitative estimate of drug-likeness (QED) is 0.726. The fraction of sp³-hybridized carbons (Fsp3) is 0.417. The van der Waals surface area contributed by atoms with E-state index in [1.54, 1.807) is 12.1 Å². The van der Waals surface area contributed by atoms with E-state index in [0.29, 0.717) is 28.8 Å². The summed E-state index contributed by atoms with van der Waals surface area (Å²) < 4.78 is 14.2. The Balaban J connectivity index is 2.61. The van der Waals surface area contributed by atoms with Crippen LogP contribution >= 0.6 is 34.8 Å². The summed E-state index contributed by atoms with van der Waals surface area (Å²) in [7, 11) is 0. The van der Waals surface area contributed by atoms with Crippen LogP contribution < -0.4 is 0 Å². The Bertz CT molecular complexity index is 566. The zero-order valence-corrected chi connectivity index (χ0v) is 12.0. The van der Waals surface area contributed by atoms with Crippen LogP contribution in [0.25, 0.3) is 11.0 Å². The highest BCUT2D eigenvalue weighted by Gasteiger charge is 2.16. The fourth-order valence-corrected chi connectivity index (χ4v) is 2.38. The molecule has 0 saturated heterocycles. The molecule has 0 radical (unpaired) electrons. The van der Waals surface area contributed by atoms with Crippen molar-refractivity contribution in [1.29, 1.82) is 0 Å². The molecule has 0 bridgehead atoms. The second-order valence-corrected chi connectivity index (χ2v) is 5.50. The largest absolute Gasteiger partial charge is 0.327 e. The normalized spacial score (nSPS) is 13.2. The van der Waals surface area contributed by atoms with Gasteiger partial charge in [-0.15, -0.1) is 11.6 Å². The van der Waals surface area contributed by atoms with Crippen LogP contribution in [-0.4, -0.2) is 16.2 Å². The average molecular weight is 310 g/mol. The third-order valence-electron chi connectivity index (χ3n) is 2.69. The molecule has 1 aromatic carbocycles. The van der Waals surface area contributed by atoms with Crippen LogP contribution in [0.1, 0.15) is 24.5 Å². The topological polar surface area (TPSA) is 17.8 Å². The zero-order valence-electron chi connectivity index (χ0n) is 9.76. The average Bonchev–Trinajstić information content (AvgIpc) is 2.65. The highest BCUT2D eigenvalue weighted by atomic mass is 35.5. The molecule has 0 aliphatic carbocycles. The van der Waals surface area contributed by atoms with Crippen LogP contribution in [0.2, 0.25) is 10.0 Å². The molecule has 1 unspecified atom stereocenters. The van der Waals surface area contributed by atoms with Gasteiger partial charge in [-0.05, 0) is 25.5 Å². The number of aryl methyl sites for hydroxylation is 1. The van der Waals surface area contributed by atoms with Gasteiger partial charge in [0.15, 0.2) is 0 Å². The minimum Gasteiger partial charge on any atom is -0.327 e. The first-order chi connectivity index (χ1) is 8.54. The lowest BCUT2D eigenvalue weighted by Gasteiger charge is -2.09. The first-order valence-electron chi connectivity index (χ1n) is 5.59. The van der Waals surface area contributed by atoms with Crippen LogP contribution in [0.15, 0.2) is 12.1 Å². The summed E-state index contributed by atoms with van der Waals surface area (Å²) in [4.78, 5) is 4.43. The first-order valence-corrected chi connectivity index (χ1v) is 6.79. The minimum atomic E-state index is -0.378. The molecule has 2 nitrogen and oxygen atoms in total. The van der Waals surface area contributed by atoms with Crippen molar-refractivity contribution in [1.82, 2.24) is 9.55 Å². The highest BCUT2D eigenvalue weighted by Crippen LogP contribution is 2.31. The SMILES string of the molecule is CC(Cl)c1nc2cc(Cl)c(Cl)cc2n1CCCF. The smallest absolute Gasteiger partial charge is 0.127 e. The Morgan fingerprint density at radius 2 is 2.00 bits per heavy atom. The Kier molecular flexibility index (Phi) is 4.36. The number of imidazole rings is 1. The summed E-state index contributed by atoms with van der Waals surface area (Å²) in [6.07, 6.45) is 0.419. The molecule has 0 amide bonds. The Morgan fingerprint density at radius 3 is 2.61 bits per heavy atom. The molecule has 0 aliphatic heterocycles. The summed E-state index contributed by atoms with van der Waals surface area (Å²) in [6, 6.07) is 3.45. The maximum Gasteiger partial charge on any atom is 0.127 e. The van der Waals surface area contributed by atoms with Gasteiger partial charge in [-0.3, -0.25) is 4.39 Å². The van der Waals surface area contributed by atoms with E-state index in [-0.39, 0.29) is 12.1 Å². The number of alkyl halides is 2. The van der Waals surface area contributed by atoms with Gasteiger partial charge in [0.2, 0.25) is 0 Å². The second-order valence-electron chi connectivity index (χ2n) is 4.04. The van der Waals surface area contributed by atoms with E-state index in [4.69, 9.17) is 34.8 Å². The van der Waals surface area contributed by atoms with Gasteiger partial charge in [0, 0.05) is 6.54 Å². The molecule has 0 fully saturated rings. The van der Waals surface area contributed by atoms with Crippen molar-refractivity contribution < 1.29 is 4.39 Å². The van der Waals surface area contributed by atoms with Gasteiger partial charge >= 0.3 is 0 Å². The summed E-state index contributed by atoms with van der Waals surface area (Å²) >= 11 is 18.1. The third-order valence-corrected chi connectivity index (χ3v) is 3.61. The van der Waals surface area contributed by atoms with Crippen LogP contribution in [0, 0.1) is 0 Å². The molecule has 0 spiro atoms. The van der Waals surface area contributed by atoms with Gasteiger partial charge in [0.1, 0.15) is 5.82 Å². The van der Waals surface area contributed by atoms with Crippen molar-refractivity contribution in [3.63, 3.8) is 0 Å². The molecule has 2 rings (SSSR count). The highest BCUT2D eigenvalue weighted by molar-refractivity contribution is 6.42. The van der Waals surface area contributed by atoms with E-state index in [1.807, 2.05) is 11.5 Å². The van der Waals surface area contributed by atoms with Crippen molar-refractivity contribution in [2.24, 2.45) is 0 Å². The van der Waals surface area contributed by atoms with Crippen LogP contribution in [-0.2, 0) is 6.54 Å². The number of hydrogen-bond donors (Lipinski definition) is 0. The molecule has 0 N–H and O–H groups in total. The van der Waals surface area contributed by atoms with Gasteiger partial charge in [-0.2, -0.15) is 0 Å². The van der Waals surface area contributed by atoms with Gasteiger partial charge in [0.05, 0.1) is 33.1 Å². The molecule has 0 aliphatic rings. The molecule has 18 heavy (non-hydrogen) atoms. The van der Waals surface area contributed by atoms with Gasteiger partial charge in [-0.1, -0.05) is 23.2 Å². The lowest BCUT2D eigenvalue weighted by atomic mass is 10.3. The number of fused-ring (bicyclic) bond motifs is 1. The lowest BCUT2D eigenvalue weighted by Crippen LogP contribution is -2.05. The number of aromatic nitrogens is 2. The van der Waals surface area contributed by atoms with Crippen molar-refractivity contribution in [3.8, 4) is 0 Å². The number of hydrogen-bond acceptors (Lipinski definition) is 1. The zero-order chi connectivity index (χ0) is 13.3. The Hall–Kier alpha value is -0.510. The van der Waals surface area contributed by atoms with E-state index in [0.717, 1.165) is 11.0 Å². The van der Waals surface area contributed by atoms with E-state index in [2.05, 4.69) is 4.98 Å². The summed E-state index contributed by atoms with van der Waals surface area (Å²) in [6.45, 7) is 1.98. The Morgan fingerprint density at radius 1 is 1.33 bits per heavy atom. The summed E-state index contributed by atoms with van der Waals surface area (Å²) in [5.41, 5.74) is 1.56. The predicted octanol–water partition coefficient (Wildman–Crippen LogP) is 5.00. The molecular weight excluding hydrogens is 298 g/mol. The van der Waals surface area contributed by atoms with Gasteiger partial charge in [0.25, 0.3) is 0 Å². The first kappa shape index (κ1) is 13.9. The van der Waals surface area contributed by atoms with Crippen molar-refractivity contribution in [2.75, 3.05) is 6.67 Å². The van der Waals surface area contributed by atoms with Crippen molar-refractivity contribution in [2.45, 2.75) is 25.3 Å². The van der Waals surface area contributed by atoms with Crippen LogP contribution in [0.4, 0.5) is 4.39 Å². The van der Waals surface area contributed by atoms with Gasteiger partial charge in [-0.25, -0.2) is 4.98 Å². The minimum absolute atomic E-state index is 0.255. The van der Waals surface area contributed by atoms with E-state index in [1.165, 1.54) is 0 Å². The second kappa shape index (κ2) is 5.64. The summed E-state index contributed by atoms with van der Waals surface area (Å²) in [5, 5.41) is 0.655. The van der Waals surface area contributed by atoms with Crippen molar-refractivity contribution >= 4 is 45.8 Å². The molecule has 98 valence electrons. The molecule has 1 aromatic heterocycles. The van der Waals surface area contributed by atoms with E-state index < -0.39 is 0 Å². The number of benzene rings is 1. The van der Waals surface area contributed by atoms with Crippen LogP contribution in [0.5, 0.6) is 0 Å². The van der Waals surface area contributed by atoms with Crippen LogP contribution in [0.3, 0.4) is 0 Å². The predicted molar refractivity (Wildman–Crippen MR) is 74.6 cm³/mol. The molecule has 1 heterocycles. The number of halogens is 4. The van der Waals surface area contributed by atoms with E-state index in [9.17, 15) is 4.39 Å². The lowest BCUT2D eigenvalue weighted by molar-refractivity contribution is 0.446. The Labute approximate surface area is 120 Å². The third kappa shape index (κ3) is 2.58. The van der Waals surface area contributed by atoms with E-state index >= 15 is 0 Å². The maximum atomic E-state index is 12.3. The number of nitrogens with zero attached hydrogens (tertiary/aromatic N) is 2. The summed E-state index contributed by atoms with van der Waals surface area (Å²) in [5.74, 6) is 0.707. The maximum absolute atomic E-state index is 12.3. The number of rotatable bonds is 4. The molecule has 0 saturated carbocycles. The monoisotopic (exact) mass is 308 g/mol. The van der Waals surface area contributed by atoms with Gasteiger partial charge < -0.3 is 4.57 Å². The van der Waals surface area contributed by atoms with Crippen molar-refractivity contribution in [3.05, 3.63) is 28.0 Å². The molecule has 1 atom stereocenters. The molecule has 2 aromatic rings. The fourth-order valence-electron chi connectivity index (χ4n) is 1.90. The molecular formula is C12H12Cl3FN2. The standard InChI is InChI=1S/C12H12Cl3FN2/c1-7(13)12-17-10-5-8(14)9(15)6-11(10)18(12)4-2-3-16/h5-7H,2-4H2,1H3.